The average molecular weight is 205 g/mol. The fourth-order valence-corrected chi connectivity index (χ4v) is 0.808. The predicted molar refractivity (Wildman–Crippen MR) is 48.6 cm³/mol. The van der Waals surface area contributed by atoms with Gasteiger partial charge in [0.15, 0.2) is 0 Å². The van der Waals surface area contributed by atoms with Gasteiger partial charge in [0.05, 0.1) is 0 Å². The second-order valence-electron chi connectivity index (χ2n) is 1.43. The van der Waals surface area contributed by atoms with E-state index in [9.17, 15) is 0 Å². The molecule has 0 rings (SSSR count). The minimum atomic E-state index is -0.568. The van der Waals surface area contributed by atoms with E-state index < -0.39 is 10.0 Å². The van der Waals surface area contributed by atoms with E-state index >= 15 is 0 Å². The zero-order valence-electron chi connectivity index (χ0n) is 6.40. The maximum absolute atomic E-state index is 5.22. The van der Waals surface area contributed by atoms with Gasteiger partial charge in [-0.05, 0) is 6.42 Å². The second-order valence-corrected chi connectivity index (χ2v) is 3.57. The van der Waals surface area contributed by atoms with Gasteiger partial charge in [-0.15, -0.1) is 23.2 Å². The third-order valence-corrected chi connectivity index (χ3v) is 1.51. The molecule has 0 N–H and O–H groups in total. The van der Waals surface area contributed by atoms with Crippen LogP contribution in [-0.4, -0.2) is 36.0 Å². The number of alkyl halides is 2. The molecule has 0 bridgehead atoms. The summed E-state index contributed by atoms with van der Waals surface area (Å²) >= 11 is 10.4. The molecule has 0 aromatic heterocycles. The lowest BCUT2D eigenvalue weighted by Crippen LogP contribution is -1.93. The molecule has 0 aromatic rings. The Kier molecular flexibility index (Phi) is 21.8. The van der Waals surface area contributed by atoms with Crippen molar-refractivity contribution in [3.63, 3.8) is 0 Å². The molecule has 0 saturated heterocycles. The van der Waals surface area contributed by atoms with Crippen LogP contribution in [0.2, 0.25) is 0 Å². The molecule has 0 aromatic carbocycles. The quantitative estimate of drug-likeness (QED) is 0.506. The average Bonchev–Trinajstić information content (AvgIpc) is 1.93. The van der Waals surface area contributed by atoms with Gasteiger partial charge in [-0.25, -0.2) is 0 Å². The Morgan fingerprint density at radius 1 is 1.10 bits per heavy atom. The van der Waals surface area contributed by atoms with Gasteiger partial charge in [0, 0.05) is 26.0 Å². The standard InChI is InChI=1S/C3H6Cl2.C2H8O2Si/c4-2-1-3-5;1-3-5-4-2/h1-3H2;5H2,1-2H3. The first-order valence-electron chi connectivity index (χ1n) is 2.93. The number of halogens is 2. The van der Waals surface area contributed by atoms with Gasteiger partial charge in [0.2, 0.25) is 0 Å². The molecule has 10 heavy (non-hydrogen) atoms. The summed E-state index contributed by atoms with van der Waals surface area (Å²) in [5, 5.41) is 0. The Balaban J connectivity index is 0. The lowest BCUT2D eigenvalue weighted by atomic mass is 10.6. The third-order valence-electron chi connectivity index (χ3n) is 0.503. The molecule has 0 aliphatic rings. The molecule has 0 atom stereocenters. The summed E-state index contributed by atoms with van der Waals surface area (Å²) in [6.45, 7) is 0. The summed E-state index contributed by atoms with van der Waals surface area (Å²) in [7, 11) is 2.73. The van der Waals surface area contributed by atoms with Gasteiger partial charge in [-0.1, -0.05) is 0 Å². The number of hydrogen-bond donors (Lipinski definition) is 0. The van der Waals surface area contributed by atoms with E-state index in [1.54, 1.807) is 14.2 Å². The normalized spacial score (nSPS) is 8.40. The summed E-state index contributed by atoms with van der Waals surface area (Å²) in [4.78, 5) is 0. The molecule has 0 heterocycles. The van der Waals surface area contributed by atoms with E-state index in [0.717, 1.165) is 6.42 Å². The highest BCUT2D eigenvalue weighted by molar-refractivity contribution is 6.20. The van der Waals surface area contributed by atoms with Crippen LogP contribution in [0.25, 0.3) is 0 Å². The fraction of sp³-hybridized carbons (Fsp3) is 1.00. The molecule has 0 unspecified atom stereocenters. The van der Waals surface area contributed by atoms with Crippen molar-refractivity contribution in [3.05, 3.63) is 0 Å². The van der Waals surface area contributed by atoms with Crippen molar-refractivity contribution in [2.24, 2.45) is 0 Å². The Morgan fingerprint density at radius 3 is 1.50 bits per heavy atom. The molecule has 2 nitrogen and oxygen atoms in total. The molecule has 0 aliphatic heterocycles. The van der Waals surface area contributed by atoms with Crippen molar-refractivity contribution in [2.45, 2.75) is 6.42 Å². The maximum atomic E-state index is 5.22. The van der Waals surface area contributed by atoms with Crippen LogP contribution in [0.5, 0.6) is 0 Å². The lowest BCUT2D eigenvalue weighted by Gasteiger charge is -1.86. The molecule has 0 amide bonds. The van der Waals surface area contributed by atoms with Crippen LogP contribution < -0.4 is 0 Å². The van der Waals surface area contributed by atoms with Gasteiger partial charge in [-0.3, -0.25) is 0 Å². The summed E-state index contributed by atoms with van der Waals surface area (Å²) in [6, 6.07) is 0. The van der Waals surface area contributed by atoms with Crippen LogP contribution in [0.4, 0.5) is 0 Å². The van der Waals surface area contributed by atoms with Crippen LogP contribution in [0.3, 0.4) is 0 Å². The van der Waals surface area contributed by atoms with E-state index in [2.05, 4.69) is 8.85 Å². The summed E-state index contributed by atoms with van der Waals surface area (Å²) in [5.41, 5.74) is 0. The minimum absolute atomic E-state index is 0.568. The SMILES string of the molecule is CO[SiH2]OC.ClCCCCl. The third kappa shape index (κ3) is 23.3. The monoisotopic (exact) mass is 204 g/mol. The van der Waals surface area contributed by atoms with Gasteiger partial charge in [0.25, 0.3) is 0 Å². The lowest BCUT2D eigenvalue weighted by molar-refractivity contribution is 0.309. The molecule has 0 aliphatic carbocycles. The molecular weight excluding hydrogens is 191 g/mol. The second kappa shape index (κ2) is 16.4. The van der Waals surface area contributed by atoms with Crippen molar-refractivity contribution >= 4 is 33.2 Å². The van der Waals surface area contributed by atoms with Gasteiger partial charge in [-0.2, -0.15) is 0 Å². The number of rotatable bonds is 4. The molecule has 5 heteroatoms. The smallest absolute Gasteiger partial charge is 0.303 e. The molecular formula is C5H14Cl2O2Si. The molecule has 0 fully saturated rings. The molecule has 0 radical (unpaired) electrons. The van der Waals surface area contributed by atoms with Crippen LogP contribution in [0.1, 0.15) is 6.42 Å². The van der Waals surface area contributed by atoms with E-state index in [-0.39, 0.29) is 0 Å². The summed E-state index contributed by atoms with van der Waals surface area (Å²) < 4.78 is 9.22. The van der Waals surface area contributed by atoms with Crippen LogP contribution in [-0.2, 0) is 8.85 Å². The first-order chi connectivity index (χ1) is 4.83. The van der Waals surface area contributed by atoms with E-state index in [4.69, 9.17) is 23.2 Å². The number of hydrogen-bond acceptors (Lipinski definition) is 2. The first-order valence-corrected chi connectivity index (χ1v) is 5.15. The zero-order valence-corrected chi connectivity index (χ0v) is 9.33. The Hall–Kier alpha value is 0.717. The van der Waals surface area contributed by atoms with E-state index in [0.29, 0.717) is 11.8 Å². The largest absolute Gasteiger partial charge is 0.402 e. The van der Waals surface area contributed by atoms with Crippen molar-refractivity contribution < 1.29 is 8.85 Å². The Morgan fingerprint density at radius 2 is 1.50 bits per heavy atom. The van der Waals surface area contributed by atoms with Crippen molar-refractivity contribution in [1.82, 2.24) is 0 Å². The van der Waals surface area contributed by atoms with Gasteiger partial charge >= 0.3 is 10.0 Å². The Labute approximate surface area is 74.9 Å². The highest BCUT2D eigenvalue weighted by atomic mass is 35.5. The molecule has 0 spiro atoms. The van der Waals surface area contributed by atoms with Crippen LogP contribution in [0.15, 0.2) is 0 Å². The summed E-state index contributed by atoms with van der Waals surface area (Å²) in [6.07, 6.45) is 0.920. The van der Waals surface area contributed by atoms with Crippen molar-refractivity contribution in [2.75, 3.05) is 26.0 Å². The fourth-order valence-electron chi connectivity index (χ4n) is 0.168. The molecule has 0 saturated carbocycles. The molecule has 64 valence electrons. The zero-order chi connectivity index (χ0) is 8.24. The maximum Gasteiger partial charge on any atom is 0.303 e. The Bertz CT molecular complexity index is 38.6. The van der Waals surface area contributed by atoms with E-state index in [1.165, 1.54) is 0 Å². The summed E-state index contributed by atoms with van der Waals surface area (Å²) in [5.74, 6) is 1.37. The van der Waals surface area contributed by atoms with Gasteiger partial charge in [0.1, 0.15) is 0 Å². The highest BCUT2D eigenvalue weighted by Crippen LogP contribution is 1.84. The predicted octanol–water partition coefficient (Wildman–Crippen LogP) is 1.13. The van der Waals surface area contributed by atoms with Gasteiger partial charge < -0.3 is 8.85 Å². The van der Waals surface area contributed by atoms with Crippen LogP contribution in [0, 0.1) is 0 Å². The van der Waals surface area contributed by atoms with Crippen molar-refractivity contribution in [3.8, 4) is 0 Å². The van der Waals surface area contributed by atoms with Crippen molar-refractivity contribution in [1.29, 1.82) is 0 Å². The topological polar surface area (TPSA) is 18.5 Å². The van der Waals surface area contributed by atoms with E-state index in [1.807, 2.05) is 0 Å². The highest BCUT2D eigenvalue weighted by Gasteiger charge is 1.72. The van der Waals surface area contributed by atoms with Crippen LogP contribution >= 0.6 is 23.2 Å². The minimum Gasteiger partial charge on any atom is -0.402 e. The first kappa shape index (κ1) is 13.3.